The molecule has 0 bridgehead atoms. The van der Waals surface area contributed by atoms with Crippen molar-refractivity contribution in [2.24, 2.45) is 5.92 Å². The van der Waals surface area contributed by atoms with Crippen LogP contribution in [0.25, 0.3) is 0 Å². The van der Waals surface area contributed by atoms with Crippen LogP contribution in [0, 0.1) is 5.92 Å². The lowest BCUT2D eigenvalue weighted by atomic mass is 9.84. The quantitative estimate of drug-likeness (QED) is 0.878. The van der Waals surface area contributed by atoms with Crippen molar-refractivity contribution in [3.63, 3.8) is 0 Å². The molecule has 1 aromatic rings. The SMILES string of the molecule is CC(C)(CNC(=O)C1CNC1)c1ccccc1Br.Cl. The molecular formula is C14H20BrClN2O. The van der Waals surface area contributed by atoms with E-state index in [0.29, 0.717) is 6.54 Å². The number of rotatable bonds is 4. The second-order valence-electron chi connectivity index (χ2n) is 5.44. The summed E-state index contributed by atoms with van der Waals surface area (Å²) in [5, 5.41) is 6.16. The third-order valence-corrected chi connectivity index (χ3v) is 4.15. The molecule has 1 aliphatic heterocycles. The number of nitrogens with one attached hydrogen (secondary N) is 2. The van der Waals surface area contributed by atoms with Gasteiger partial charge in [-0.15, -0.1) is 12.4 Å². The Hall–Kier alpha value is -0.580. The van der Waals surface area contributed by atoms with Crippen molar-refractivity contribution < 1.29 is 4.79 Å². The first-order chi connectivity index (χ1) is 8.50. The Morgan fingerprint density at radius 3 is 2.58 bits per heavy atom. The number of benzene rings is 1. The van der Waals surface area contributed by atoms with E-state index in [1.54, 1.807) is 0 Å². The standard InChI is InChI=1S/C14H19BrN2O.ClH/c1-14(2,11-5-3-4-6-12(11)15)9-17-13(18)10-7-16-8-10;/h3-6,10,16H,7-9H2,1-2H3,(H,17,18);1H. The number of hydrogen-bond donors (Lipinski definition) is 2. The monoisotopic (exact) mass is 346 g/mol. The van der Waals surface area contributed by atoms with Gasteiger partial charge in [-0.3, -0.25) is 4.79 Å². The summed E-state index contributed by atoms with van der Waals surface area (Å²) in [5.74, 6) is 0.314. The lowest BCUT2D eigenvalue weighted by Gasteiger charge is -2.30. The Morgan fingerprint density at radius 1 is 1.42 bits per heavy atom. The molecule has 106 valence electrons. The Kier molecular flexibility index (Phi) is 5.83. The predicted molar refractivity (Wildman–Crippen MR) is 83.8 cm³/mol. The van der Waals surface area contributed by atoms with Gasteiger partial charge in [0, 0.05) is 29.5 Å². The first-order valence-corrected chi connectivity index (χ1v) is 7.03. The van der Waals surface area contributed by atoms with Crippen molar-refractivity contribution in [2.75, 3.05) is 19.6 Å². The van der Waals surface area contributed by atoms with Gasteiger partial charge < -0.3 is 10.6 Å². The van der Waals surface area contributed by atoms with Crippen LogP contribution in [0.15, 0.2) is 28.7 Å². The van der Waals surface area contributed by atoms with E-state index in [2.05, 4.69) is 46.5 Å². The third kappa shape index (κ3) is 3.94. The van der Waals surface area contributed by atoms with Crippen molar-refractivity contribution in [1.29, 1.82) is 0 Å². The number of halogens is 2. The molecule has 1 saturated heterocycles. The second-order valence-corrected chi connectivity index (χ2v) is 6.29. The summed E-state index contributed by atoms with van der Waals surface area (Å²) in [6, 6.07) is 8.16. The largest absolute Gasteiger partial charge is 0.355 e. The molecule has 5 heteroatoms. The maximum Gasteiger partial charge on any atom is 0.225 e. The Labute approximate surface area is 129 Å². The minimum absolute atomic E-state index is 0. The predicted octanol–water partition coefficient (Wildman–Crippen LogP) is 2.48. The van der Waals surface area contributed by atoms with Crippen molar-refractivity contribution >= 4 is 34.2 Å². The summed E-state index contributed by atoms with van der Waals surface area (Å²) in [6.07, 6.45) is 0. The van der Waals surface area contributed by atoms with Crippen LogP contribution in [-0.4, -0.2) is 25.5 Å². The highest BCUT2D eigenvalue weighted by molar-refractivity contribution is 9.10. The molecular weight excluding hydrogens is 328 g/mol. The van der Waals surface area contributed by atoms with Gasteiger partial charge in [0.15, 0.2) is 0 Å². The first kappa shape index (κ1) is 16.5. The molecule has 1 aliphatic rings. The Morgan fingerprint density at radius 2 is 2.05 bits per heavy atom. The molecule has 1 fully saturated rings. The molecule has 0 atom stereocenters. The fourth-order valence-corrected chi connectivity index (χ4v) is 2.85. The zero-order valence-corrected chi connectivity index (χ0v) is 13.6. The van der Waals surface area contributed by atoms with Gasteiger partial charge in [0.1, 0.15) is 0 Å². The fraction of sp³-hybridized carbons (Fsp3) is 0.500. The Balaban J connectivity index is 0.00000180. The van der Waals surface area contributed by atoms with Crippen LogP contribution < -0.4 is 10.6 Å². The summed E-state index contributed by atoms with van der Waals surface area (Å²) >= 11 is 3.57. The van der Waals surface area contributed by atoms with Crippen molar-refractivity contribution in [1.82, 2.24) is 10.6 Å². The van der Waals surface area contributed by atoms with Crippen LogP contribution in [0.3, 0.4) is 0 Å². The van der Waals surface area contributed by atoms with Gasteiger partial charge in [-0.1, -0.05) is 48.0 Å². The normalized spacial score (nSPS) is 15.3. The van der Waals surface area contributed by atoms with Gasteiger partial charge in [0.2, 0.25) is 5.91 Å². The lowest BCUT2D eigenvalue weighted by molar-refractivity contribution is -0.126. The van der Waals surface area contributed by atoms with E-state index in [1.807, 2.05) is 18.2 Å². The fourth-order valence-electron chi connectivity index (χ4n) is 2.03. The molecule has 0 unspecified atom stereocenters. The molecule has 2 N–H and O–H groups in total. The summed E-state index contributed by atoms with van der Waals surface area (Å²) in [6.45, 7) is 6.56. The van der Waals surface area contributed by atoms with Crippen molar-refractivity contribution in [2.45, 2.75) is 19.3 Å². The minimum Gasteiger partial charge on any atom is -0.355 e. The number of carbonyl (C=O) groups excluding carboxylic acids is 1. The zero-order valence-electron chi connectivity index (χ0n) is 11.2. The molecule has 1 heterocycles. The summed E-state index contributed by atoms with van der Waals surface area (Å²) in [4.78, 5) is 11.8. The molecule has 0 radical (unpaired) electrons. The van der Waals surface area contributed by atoms with E-state index < -0.39 is 0 Å². The maximum atomic E-state index is 11.8. The molecule has 0 spiro atoms. The maximum absolute atomic E-state index is 11.8. The van der Waals surface area contributed by atoms with E-state index >= 15 is 0 Å². The summed E-state index contributed by atoms with van der Waals surface area (Å²) in [7, 11) is 0. The summed E-state index contributed by atoms with van der Waals surface area (Å²) < 4.78 is 1.09. The van der Waals surface area contributed by atoms with Gasteiger partial charge >= 0.3 is 0 Å². The van der Waals surface area contributed by atoms with Crippen LogP contribution in [-0.2, 0) is 10.2 Å². The second kappa shape index (κ2) is 6.73. The van der Waals surface area contributed by atoms with Crippen LogP contribution in [0.1, 0.15) is 19.4 Å². The van der Waals surface area contributed by atoms with Crippen LogP contribution in [0.4, 0.5) is 0 Å². The van der Waals surface area contributed by atoms with Gasteiger partial charge in [-0.2, -0.15) is 0 Å². The topological polar surface area (TPSA) is 41.1 Å². The number of hydrogen-bond acceptors (Lipinski definition) is 2. The molecule has 1 amide bonds. The van der Waals surface area contributed by atoms with E-state index in [1.165, 1.54) is 5.56 Å². The van der Waals surface area contributed by atoms with E-state index in [4.69, 9.17) is 0 Å². The Bertz CT molecular complexity index is 447. The van der Waals surface area contributed by atoms with Crippen LogP contribution in [0.2, 0.25) is 0 Å². The molecule has 19 heavy (non-hydrogen) atoms. The van der Waals surface area contributed by atoms with E-state index in [-0.39, 0.29) is 29.6 Å². The van der Waals surface area contributed by atoms with E-state index in [9.17, 15) is 4.79 Å². The van der Waals surface area contributed by atoms with Crippen molar-refractivity contribution in [3.05, 3.63) is 34.3 Å². The van der Waals surface area contributed by atoms with Crippen molar-refractivity contribution in [3.8, 4) is 0 Å². The van der Waals surface area contributed by atoms with Crippen LogP contribution >= 0.6 is 28.3 Å². The highest BCUT2D eigenvalue weighted by Gasteiger charge is 2.28. The highest BCUT2D eigenvalue weighted by atomic mass is 79.9. The molecule has 1 aromatic carbocycles. The molecule has 0 aliphatic carbocycles. The third-order valence-electron chi connectivity index (χ3n) is 3.46. The molecule has 3 nitrogen and oxygen atoms in total. The number of amides is 1. The first-order valence-electron chi connectivity index (χ1n) is 6.24. The molecule has 2 rings (SSSR count). The lowest BCUT2D eigenvalue weighted by Crippen LogP contribution is -2.52. The zero-order chi connectivity index (χ0) is 13.2. The van der Waals surface area contributed by atoms with Gasteiger partial charge in [0.25, 0.3) is 0 Å². The minimum atomic E-state index is -0.0765. The van der Waals surface area contributed by atoms with Gasteiger partial charge in [-0.25, -0.2) is 0 Å². The van der Waals surface area contributed by atoms with Gasteiger partial charge in [0.05, 0.1) is 5.92 Å². The number of carbonyl (C=O) groups is 1. The van der Waals surface area contributed by atoms with E-state index in [0.717, 1.165) is 17.6 Å². The average molecular weight is 348 g/mol. The highest BCUT2D eigenvalue weighted by Crippen LogP contribution is 2.29. The molecule has 0 aromatic heterocycles. The summed E-state index contributed by atoms with van der Waals surface area (Å²) in [5.41, 5.74) is 1.14. The van der Waals surface area contributed by atoms with Crippen LogP contribution in [0.5, 0.6) is 0 Å². The average Bonchev–Trinajstić information content (AvgIpc) is 2.24. The van der Waals surface area contributed by atoms with Gasteiger partial charge in [-0.05, 0) is 11.6 Å². The molecule has 0 saturated carbocycles. The smallest absolute Gasteiger partial charge is 0.225 e.